The van der Waals surface area contributed by atoms with E-state index >= 15 is 0 Å². The minimum absolute atomic E-state index is 0.158. The third kappa shape index (κ3) is 3.45. The van der Waals surface area contributed by atoms with Gasteiger partial charge in [-0.2, -0.15) is 0 Å². The van der Waals surface area contributed by atoms with Crippen molar-refractivity contribution < 1.29 is 0 Å². The van der Waals surface area contributed by atoms with Crippen LogP contribution in [0, 0.1) is 0 Å². The van der Waals surface area contributed by atoms with Gasteiger partial charge in [-0.3, -0.25) is 8.75 Å². The Morgan fingerprint density at radius 2 is 2.00 bits per heavy atom. The van der Waals surface area contributed by atoms with Gasteiger partial charge in [-0.15, -0.1) is 11.8 Å². The van der Waals surface area contributed by atoms with Crippen LogP contribution in [0.25, 0.3) is 10.1 Å². The molecule has 2 rings (SSSR count). The lowest BCUT2D eigenvalue weighted by Crippen LogP contribution is -2.28. The van der Waals surface area contributed by atoms with Crippen molar-refractivity contribution >= 4 is 33.4 Å². The van der Waals surface area contributed by atoms with Crippen LogP contribution in [0.5, 0.6) is 0 Å². The van der Waals surface area contributed by atoms with Gasteiger partial charge in [0.2, 0.25) is 0 Å². The highest BCUT2D eigenvalue weighted by atomic mass is 32.2. The van der Waals surface area contributed by atoms with E-state index in [2.05, 4.69) is 37.8 Å². The summed E-state index contributed by atoms with van der Waals surface area (Å²) < 4.78 is 3.00. The molecule has 0 atom stereocenters. The zero-order valence-electron chi connectivity index (χ0n) is 12.4. The highest BCUT2D eigenvalue weighted by Gasteiger charge is 2.09. The average Bonchev–Trinajstić information content (AvgIpc) is 2.77. The molecule has 1 heterocycles. The predicted octanol–water partition coefficient (Wildman–Crippen LogP) is 3.52. The van der Waals surface area contributed by atoms with Crippen LogP contribution < -0.4 is 5.56 Å². The summed E-state index contributed by atoms with van der Waals surface area (Å²) in [5, 5.41) is 0.856. The Morgan fingerprint density at radius 3 is 2.65 bits per heavy atom. The van der Waals surface area contributed by atoms with Crippen molar-refractivity contribution in [1.82, 2.24) is 8.86 Å². The Labute approximate surface area is 128 Å². The van der Waals surface area contributed by atoms with Gasteiger partial charge in [0.05, 0.1) is 10.1 Å². The molecule has 0 amide bonds. The first-order valence-electron chi connectivity index (χ1n) is 7.18. The number of hydrogen-bond donors (Lipinski definition) is 0. The molecule has 0 saturated heterocycles. The van der Waals surface area contributed by atoms with E-state index in [0.29, 0.717) is 0 Å². The molecule has 0 radical (unpaired) electrons. The Hall–Kier alpha value is -0.780. The van der Waals surface area contributed by atoms with Crippen LogP contribution in [0.15, 0.2) is 27.9 Å². The fourth-order valence-electron chi connectivity index (χ4n) is 2.23. The van der Waals surface area contributed by atoms with Crippen LogP contribution in [-0.4, -0.2) is 34.2 Å². The summed E-state index contributed by atoms with van der Waals surface area (Å²) in [6.45, 7) is 10.3. The van der Waals surface area contributed by atoms with Crippen molar-refractivity contribution in [3.05, 3.63) is 28.6 Å². The number of rotatable bonds is 7. The molecule has 0 N–H and O–H groups in total. The van der Waals surface area contributed by atoms with Crippen LogP contribution in [-0.2, 0) is 6.54 Å². The number of benzene rings is 1. The van der Waals surface area contributed by atoms with Gasteiger partial charge in [0.15, 0.2) is 0 Å². The lowest BCUT2D eigenvalue weighted by molar-refractivity contribution is 0.293. The van der Waals surface area contributed by atoms with E-state index in [-0.39, 0.29) is 5.56 Å². The number of thioether (sulfide) groups is 1. The van der Waals surface area contributed by atoms with E-state index in [1.807, 2.05) is 21.8 Å². The monoisotopic (exact) mass is 310 g/mol. The van der Waals surface area contributed by atoms with Gasteiger partial charge in [0, 0.05) is 18.0 Å². The fourth-order valence-corrected chi connectivity index (χ4v) is 4.02. The van der Waals surface area contributed by atoms with Crippen LogP contribution >= 0.6 is 23.3 Å². The zero-order valence-corrected chi connectivity index (χ0v) is 14.0. The van der Waals surface area contributed by atoms with Gasteiger partial charge < -0.3 is 4.90 Å². The molecule has 1 aromatic carbocycles. The van der Waals surface area contributed by atoms with Crippen LogP contribution in [0.1, 0.15) is 20.8 Å². The number of likely N-dealkylation sites (N-methyl/N-ethyl adjacent to an activating group) is 1. The molecule has 20 heavy (non-hydrogen) atoms. The molecule has 0 aliphatic rings. The Balaban J connectivity index is 2.22. The number of nitrogens with zero attached hydrogens (tertiary/aromatic N) is 2. The van der Waals surface area contributed by atoms with Crippen molar-refractivity contribution in [2.24, 2.45) is 0 Å². The number of fused-ring (bicyclic) bond motifs is 1. The quantitative estimate of drug-likeness (QED) is 0.732. The van der Waals surface area contributed by atoms with Crippen molar-refractivity contribution in [2.45, 2.75) is 32.2 Å². The molecule has 0 bridgehead atoms. The van der Waals surface area contributed by atoms with Crippen molar-refractivity contribution in [3.8, 4) is 0 Å². The summed E-state index contributed by atoms with van der Waals surface area (Å²) >= 11 is 3.41. The first-order chi connectivity index (χ1) is 9.69. The van der Waals surface area contributed by atoms with E-state index in [1.54, 1.807) is 11.5 Å². The Kier molecular flexibility index (Phi) is 5.69. The second-order valence-corrected chi connectivity index (χ2v) is 7.02. The van der Waals surface area contributed by atoms with E-state index in [1.165, 1.54) is 4.90 Å². The van der Waals surface area contributed by atoms with E-state index < -0.39 is 0 Å². The second-order valence-electron chi connectivity index (χ2n) is 4.62. The summed E-state index contributed by atoms with van der Waals surface area (Å²) in [6.07, 6.45) is 0. The maximum Gasteiger partial charge on any atom is 0.268 e. The lowest BCUT2D eigenvalue weighted by atomic mass is 10.3. The van der Waals surface area contributed by atoms with Crippen molar-refractivity contribution in [2.75, 3.05) is 25.4 Å². The van der Waals surface area contributed by atoms with Gasteiger partial charge in [0.25, 0.3) is 5.56 Å². The van der Waals surface area contributed by atoms with Crippen LogP contribution in [0.4, 0.5) is 0 Å². The average molecular weight is 310 g/mol. The first kappa shape index (κ1) is 15.6. The van der Waals surface area contributed by atoms with Crippen molar-refractivity contribution in [1.29, 1.82) is 0 Å². The molecule has 0 unspecified atom stereocenters. The Morgan fingerprint density at radius 1 is 1.25 bits per heavy atom. The van der Waals surface area contributed by atoms with Gasteiger partial charge in [0.1, 0.15) is 0 Å². The summed E-state index contributed by atoms with van der Waals surface area (Å²) in [5.41, 5.74) is 0.158. The van der Waals surface area contributed by atoms with Crippen LogP contribution in [0.2, 0.25) is 0 Å². The summed E-state index contributed by atoms with van der Waals surface area (Å²) in [6, 6.07) is 6.17. The van der Waals surface area contributed by atoms with Gasteiger partial charge in [-0.1, -0.05) is 32.3 Å². The minimum Gasteiger partial charge on any atom is -0.302 e. The van der Waals surface area contributed by atoms with E-state index in [0.717, 1.165) is 42.0 Å². The molecule has 0 fully saturated rings. The normalized spacial score (nSPS) is 11.6. The second kappa shape index (κ2) is 7.29. The van der Waals surface area contributed by atoms with Crippen molar-refractivity contribution in [3.63, 3.8) is 0 Å². The summed E-state index contributed by atoms with van der Waals surface area (Å²) in [5.74, 6) is 1.06. The maximum absolute atomic E-state index is 12.3. The lowest BCUT2D eigenvalue weighted by Gasteiger charge is -2.17. The summed E-state index contributed by atoms with van der Waals surface area (Å²) in [4.78, 5) is 15.9. The molecule has 0 aliphatic heterocycles. The van der Waals surface area contributed by atoms with E-state index in [9.17, 15) is 4.79 Å². The van der Waals surface area contributed by atoms with Gasteiger partial charge in [-0.05, 0) is 37.0 Å². The molecule has 5 heteroatoms. The molecule has 3 nitrogen and oxygen atoms in total. The van der Waals surface area contributed by atoms with Gasteiger partial charge >= 0.3 is 0 Å². The first-order valence-corrected chi connectivity index (χ1v) is 8.94. The highest BCUT2D eigenvalue weighted by Crippen LogP contribution is 2.24. The van der Waals surface area contributed by atoms with Gasteiger partial charge in [-0.25, -0.2) is 0 Å². The minimum atomic E-state index is 0.158. The van der Waals surface area contributed by atoms with E-state index in [4.69, 9.17) is 0 Å². The largest absolute Gasteiger partial charge is 0.302 e. The number of aromatic nitrogens is 1. The molecule has 0 spiro atoms. The topological polar surface area (TPSA) is 25.2 Å². The summed E-state index contributed by atoms with van der Waals surface area (Å²) in [7, 11) is 0. The molecule has 2 aromatic rings. The SMILES string of the molecule is CCSc1ccc2c(=O)n(CCN(CC)CC)sc2c1. The standard InChI is InChI=1S/C15H22N2OS2/c1-4-16(5-2)9-10-17-15(18)13-8-7-12(19-6-3)11-14(13)20-17/h7-8,11H,4-6,9-10H2,1-3H3. The molecular weight excluding hydrogens is 288 g/mol. The zero-order chi connectivity index (χ0) is 14.5. The molecule has 0 saturated carbocycles. The fraction of sp³-hybridized carbons (Fsp3) is 0.533. The highest BCUT2D eigenvalue weighted by molar-refractivity contribution is 7.99. The molecular formula is C15H22N2OS2. The predicted molar refractivity (Wildman–Crippen MR) is 90.3 cm³/mol. The third-order valence-corrected chi connectivity index (χ3v) is 5.42. The maximum atomic E-state index is 12.3. The smallest absolute Gasteiger partial charge is 0.268 e. The Bertz CT molecular complexity index is 614. The third-order valence-electron chi connectivity index (χ3n) is 3.44. The molecule has 1 aromatic heterocycles. The molecule has 0 aliphatic carbocycles. The molecule has 110 valence electrons. The number of hydrogen-bond acceptors (Lipinski definition) is 4. The van der Waals surface area contributed by atoms with Crippen LogP contribution in [0.3, 0.4) is 0 Å².